The van der Waals surface area contributed by atoms with Crippen LogP contribution in [0.5, 0.6) is 0 Å². The first kappa shape index (κ1) is 17.2. The van der Waals surface area contributed by atoms with E-state index >= 15 is 0 Å². The molecule has 1 aromatic rings. The molecule has 0 saturated heterocycles. The van der Waals surface area contributed by atoms with Gasteiger partial charge in [-0.1, -0.05) is 30.3 Å². The van der Waals surface area contributed by atoms with Crippen LogP contribution in [0.4, 0.5) is 0 Å². The number of carbonyl (C=O) groups is 2. The summed E-state index contributed by atoms with van der Waals surface area (Å²) in [6, 6.07) is 10.1. The number of benzene rings is 1. The summed E-state index contributed by atoms with van der Waals surface area (Å²) in [5.74, 6) is -0.336. The predicted octanol–water partition coefficient (Wildman–Crippen LogP) is 2.81. The van der Waals surface area contributed by atoms with Gasteiger partial charge in [0, 0.05) is 12.5 Å². The third-order valence-corrected chi connectivity index (χ3v) is 3.25. The maximum absolute atomic E-state index is 12.2. The van der Waals surface area contributed by atoms with E-state index in [4.69, 9.17) is 4.74 Å². The van der Waals surface area contributed by atoms with E-state index in [1.54, 1.807) is 11.8 Å². The Balaban J connectivity index is 2.44. The Labute approximate surface area is 127 Å². The molecule has 4 nitrogen and oxygen atoms in total. The Morgan fingerprint density at radius 3 is 2.43 bits per heavy atom. The molecule has 0 aromatic heterocycles. The lowest BCUT2D eigenvalue weighted by atomic mass is 10.1. The normalized spacial score (nSPS) is 10.5. The summed E-state index contributed by atoms with van der Waals surface area (Å²) >= 11 is 0. The zero-order valence-corrected chi connectivity index (χ0v) is 13.2. The Morgan fingerprint density at radius 2 is 1.86 bits per heavy atom. The molecule has 1 amide bonds. The quantitative estimate of drug-likeness (QED) is 0.692. The summed E-state index contributed by atoms with van der Waals surface area (Å²) in [6.45, 7) is 5.96. The topological polar surface area (TPSA) is 46.6 Å². The van der Waals surface area contributed by atoms with Gasteiger partial charge in [0.2, 0.25) is 5.91 Å². The summed E-state index contributed by atoms with van der Waals surface area (Å²) < 4.78 is 4.91. The molecule has 0 saturated carbocycles. The van der Waals surface area contributed by atoms with E-state index in [1.165, 1.54) is 5.56 Å². The molecule has 0 aliphatic heterocycles. The molecule has 116 valence electrons. The van der Waals surface area contributed by atoms with Gasteiger partial charge in [-0.05, 0) is 39.2 Å². The van der Waals surface area contributed by atoms with Gasteiger partial charge in [-0.15, -0.1) is 0 Å². The van der Waals surface area contributed by atoms with Crippen molar-refractivity contribution >= 4 is 11.9 Å². The second-order valence-electron chi connectivity index (χ2n) is 5.26. The highest BCUT2D eigenvalue weighted by atomic mass is 16.5. The van der Waals surface area contributed by atoms with Gasteiger partial charge in [-0.25, -0.2) is 0 Å². The van der Waals surface area contributed by atoms with Crippen molar-refractivity contribution in [3.8, 4) is 0 Å². The van der Waals surface area contributed by atoms with Crippen molar-refractivity contribution in [3.63, 3.8) is 0 Å². The molecule has 0 heterocycles. The van der Waals surface area contributed by atoms with E-state index in [0.29, 0.717) is 13.0 Å². The number of nitrogens with zero attached hydrogens (tertiary/aromatic N) is 1. The molecule has 4 heteroatoms. The van der Waals surface area contributed by atoms with E-state index in [0.717, 1.165) is 12.8 Å². The van der Waals surface area contributed by atoms with Gasteiger partial charge < -0.3 is 9.64 Å². The summed E-state index contributed by atoms with van der Waals surface area (Å²) in [7, 11) is 0. The molecule has 0 aliphatic carbocycles. The number of rotatable bonds is 8. The lowest BCUT2D eigenvalue weighted by molar-refractivity contribution is -0.150. The highest BCUT2D eigenvalue weighted by Crippen LogP contribution is 2.08. The Kier molecular flexibility index (Phi) is 7.51. The van der Waals surface area contributed by atoms with Crippen LogP contribution in [0.25, 0.3) is 0 Å². The molecule has 1 aromatic carbocycles. The van der Waals surface area contributed by atoms with Crippen molar-refractivity contribution in [2.45, 2.75) is 46.1 Å². The van der Waals surface area contributed by atoms with Crippen LogP contribution in [0.2, 0.25) is 0 Å². The molecule has 0 unspecified atom stereocenters. The highest BCUT2D eigenvalue weighted by Gasteiger charge is 2.20. The Hall–Kier alpha value is -1.84. The van der Waals surface area contributed by atoms with E-state index in [2.05, 4.69) is 12.1 Å². The van der Waals surface area contributed by atoms with Crippen molar-refractivity contribution in [1.29, 1.82) is 0 Å². The van der Waals surface area contributed by atoms with Gasteiger partial charge in [0.15, 0.2) is 0 Å². The van der Waals surface area contributed by atoms with Crippen molar-refractivity contribution in [2.24, 2.45) is 0 Å². The largest absolute Gasteiger partial charge is 0.465 e. The summed E-state index contributed by atoms with van der Waals surface area (Å²) in [5.41, 5.74) is 1.23. The molecule has 0 spiro atoms. The van der Waals surface area contributed by atoms with Crippen LogP contribution >= 0.6 is 0 Å². The maximum Gasteiger partial charge on any atom is 0.325 e. The van der Waals surface area contributed by atoms with Gasteiger partial charge in [-0.2, -0.15) is 0 Å². The smallest absolute Gasteiger partial charge is 0.325 e. The molecule has 0 N–H and O–H groups in total. The SMILES string of the molecule is CCOC(=O)CN(C(=O)CCCc1ccccc1)C(C)C. The second kappa shape index (κ2) is 9.16. The van der Waals surface area contributed by atoms with Crippen molar-refractivity contribution in [3.05, 3.63) is 35.9 Å². The van der Waals surface area contributed by atoms with Crippen LogP contribution in [0.15, 0.2) is 30.3 Å². The molecular weight excluding hydrogens is 266 g/mol. The third-order valence-electron chi connectivity index (χ3n) is 3.25. The maximum atomic E-state index is 12.2. The average Bonchev–Trinajstić information content (AvgIpc) is 2.45. The van der Waals surface area contributed by atoms with Crippen LogP contribution < -0.4 is 0 Å². The standard InChI is InChI=1S/C17H25NO3/c1-4-21-17(20)13-18(14(2)3)16(19)12-8-11-15-9-6-5-7-10-15/h5-7,9-10,14H,4,8,11-13H2,1-3H3. The van der Waals surface area contributed by atoms with Crippen LogP contribution in [0.1, 0.15) is 39.2 Å². The zero-order chi connectivity index (χ0) is 15.7. The Morgan fingerprint density at radius 1 is 1.19 bits per heavy atom. The number of amides is 1. The monoisotopic (exact) mass is 291 g/mol. The van der Waals surface area contributed by atoms with E-state index < -0.39 is 0 Å². The summed E-state index contributed by atoms with van der Waals surface area (Å²) in [4.78, 5) is 25.4. The minimum atomic E-state index is -0.345. The van der Waals surface area contributed by atoms with Crippen LogP contribution in [0, 0.1) is 0 Å². The van der Waals surface area contributed by atoms with E-state index in [1.807, 2.05) is 32.0 Å². The molecule has 0 aliphatic rings. The first-order valence-electron chi connectivity index (χ1n) is 7.53. The first-order chi connectivity index (χ1) is 10.0. The lowest BCUT2D eigenvalue weighted by Crippen LogP contribution is -2.41. The van der Waals surface area contributed by atoms with Gasteiger partial charge in [-0.3, -0.25) is 9.59 Å². The molecule has 1 rings (SSSR count). The van der Waals surface area contributed by atoms with Crippen molar-refractivity contribution < 1.29 is 14.3 Å². The fourth-order valence-corrected chi connectivity index (χ4v) is 2.14. The van der Waals surface area contributed by atoms with Gasteiger partial charge in [0.1, 0.15) is 6.54 Å². The number of carbonyl (C=O) groups excluding carboxylic acids is 2. The number of ether oxygens (including phenoxy) is 1. The molecule has 0 bridgehead atoms. The van der Waals surface area contributed by atoms with Crippen LogP contribution in [-0.2, 0) is 20.7 Å². The van der Waals surface area contributed by atoms with Crippen LogP contribution in [0.3, 0.4) is 0 Å². The second-order valence-corrected chi connectivity index (χ2v) is 5.26. The van der Waals surface area contributed by atoms with Crippen LogP contribution in [-0.4, -0.2) is 36.0 Å². The minimum Gasteiger partial charge on any atom is -0.465 e. The third kappa shape index (κ3) is 6.43. The summed E-state index contributed by atoms with van der Waals surface area (Å²) in [6.07, 6.45) is 2.11. The number of hydrogen-bond acceptors (Lipinski definition) is 3. The minimum absolute atomic E-state index is 0.00127. The van der Waals surface area contributed by atoms with Crippen molar-refractivity contribution in [2.75, 3.05) is 13.2 Å². The highest BCUT2D eigenvalue weighted by molar-refractivity contribution is 5.82. The average molecular weight is 291 g/mol. The predicted molar refractivity (Wildman–Crippen MR) is 82.9 cm³/mol. The van der Waals surface area contributed by atoms with Gasteiger partial charge in [0.05, 0.1) is 6.61 Å². The number of hydrogen-bond donors (Lipinski definition) is 0. The fraction of sp³-hybridized carbons (Fsp3) is 0.529. The number of aryl methyl sites for hydroxylation is 1. The van der Waals surface area contributed by atoms with Gasteiger partial charge in [0.25, 0.3) is 0 Å². The summed E-state index contributed by atoms with van der Waals surface area (Å²) in [5, 5.41) is 0. The van der Waals surface area contributed by atoms with E-state index in [-0.39, 0.29) is 24.5 Å². The van der Waals surface area contributed by atoms with Gasteiger partial charge >= 0.3 is 5.97 Å². The fourth-order valence-electron chi connectivity index (χ4n) is 2.14. The first-order valence-corrected chi connectivity index (χ1v) is 7.53. The molecule has 0 radical (unpaired) electrons. The Bertz CT molecular complexity index is 443. The number of esters is 1. The van der Waals surface area contributed by atoms with E-state index in [9.17, 15) is 9.59 Å². The zero-order valence-electron chi connectivity index (χ0n) is 13.2. The molecule has 0 atom stereocenters. The molecular formula is C17H25NO3. The molecule has 0 fully saturated rings. The van der Waals surface area contributed by atoms with Crippen molar-refractivity contribution in [1.82, 2.24) is 4.90 Å². The lowest BCUT2D eigenvalue weighted by Gasteiger charge is -2.25. The molecule has 21 heavy (non-hydrogen) atoms.